The van der Waals surface area contributed by atoms with E-state index in [9.17, 15) is 0 Å². The lowest BCUT2D eigenvalue weighted by Crippen LogP contribution is -2.23. The zero-order chi connectivity index (χ0) is 19.6. The minimum Gasteiger partial charge on any atom is -0.212 e. The summed E-state index contributed by atoms with van der Waals surface area (Å²) in [5.41, 5.74) is 2.56. The molecule has 0 spiro atoms. The minimum absolute atomic E-state index is 0.430. The number of nitrogens with zero attached hydrogens (tertiary/aromatic N) is 3. The Bertz CT molecular complexity index is 1040. The Morgan fingerprint density at radius 1 is 0.643 bits per heavy atom. The van der Waals surface area contributed by atoms with E-state index in [-0.39, 0.29) is 0 Å². The zero-order valence-corrected chi connectivity index (χ0v) is 16.6. The average molecular weight is 386 g/mol. The lowest BCUT2D eigenvalue weighted by molar-refractivity contribution is 0.588. The van der Waals surface area contributed by atoms with Crippen molar-refractivity contribution in [2.24, 2.45) is 0 Å². The molecule has 0 saturated heterocycles. The van der Waals surface area contributed by atoms with Crippen LogP contribution in [0.5, 0.6) is 0 Å². The molecule has 0 bridgehead atoms. The quantitative estimate of drug-likeness (QED) is 0.420. The van der Waals surface area contributed by atoms with Crippen LogP contribution in [0.1, 0.15) is 25.2 Å². The van der Waals surface area contributed by atoms with Crippen LogP contribution in [0.4, 0.5) is 0 Å². The summed E-state index contributed by atoms with van der Waals surface area (Å²) >= 11 is 6.24. The smallest absolute Gasteiger partial charge is 0.163 e. The molecular weight excluding hydrogens is 366 g/mol. The van der Waals surface area contributed by atoms with Crippen LogP contribution in [-0.4, -0.2) is 15.0 Å². The summed E-state index contributed by atoms with van der Waals surface area (Å²) in [4.78, 5) is 14.4. The van der Waals surface area contributed by atoms with Crippen molar-refractivity contribution < 1.29 is 0 Å². The maximum Gasteiger partial charge on any atom is 0.163 e. The largest absolute Gasteiger partial charge is 0.212 e. The highest BCUT2D eigenvalue weighted by Crippen LogP contribution is 2.32. The van der Waals surface area contributed by atoms with E-state index in [2.05, 4.69) is 19.9 Å². The van der Waals surface area contributed by atoms with Crippen molar-refractivity contribution in [1.82, 2.24) is 15.0 Å². The summed E-state index contributed by atoms with van der Waals surface area (Å²) < 4.78 is 0. The van der Waals surface area contributed by atoms with E-state index < -0.39 is 5.41 Å². The molecule has 0 unspecified atom stereocenters. The molecule has 0 N–H and O–H groups in total. The molecule has 4 aromatic rings. The molecule has 0 atom stereocenters. The molecule has 1 heterocycles. The first kappa shape index (κ1) is 18.3. The van der Waals surface area contributed by atoms with Crippen molar-refractivity contribution in [3.05, 3.63) is 101 Å². The molecule has 4 rings (SSSR count). The van der Waals surface area contributed by atoms with Gasteiger partial charge in [-0.3, -0.25) is 0 Å². The van der Waals surface area contributed by atoms with Gasteiger partial charge in [0.2, 0.25) is 0 Å². The first-order valence-electron chi connectivity index (χ1n) is 9.17. The van der Waals surface area contributed by atoms with Gasteiger partial charge >= 0.3 is 0 Å². The van der Waals surface area contributed by atoms with Gasteiger partial charge in [0.1, 0.15) is 5.82 Å². The monoisotopic (exact) mass is 385 g/mol. The van der Waals surface area contributed by atoms with E-state index >= 15 is 0 Å². The molecule has 138 valence electrons. The number of hydrogen-bond donors (Lipinski definition) is 0. The Morgan fingerprint density at radius 2 is 1.18 bits per heavy atom. The third-order valence-electron chi connectivity index (χ3n) is 4.80. The number of aromatic nitrogens is 3. The van der Waals surface area contributed by atoms with Gasteiger partial charge in [0.25, 0.3) is 0 Å². The van der Waals surface area contributed by atoms with Gasteiger partial charge in [-0.2, -0.15) is 0 Å². The van der Waals surface area contributed by atoms with E-state index in [1.807, 2.05) is 78.9 Å². The van der Waals surface area contributed by atoms with Gasteiger partial charge in [0.15, 0.2) is 11.6 Å². The van der Waals surface area contributed by atoms with Crippen LogP contribution in [0.15, 0.2) is 84.9 Å². The fraction of sp³-hybridized carbons (Fsp3) is 0.125. The fourth-order valence-corrected chi connectivity index (χ4v) is 3.28. The predicted molar refractivity (Wildman–Crippen MR) is 114 cm³/mol. The van der Waals surface area contributed by atoms with Crippen molar-refractivity contribution in [3.63, 3.8) is 0 Å². The second-order valence-electron chi connectivity index (χ2n) is 7.17. The number of rotatable bonds is 4. The fourth-order valence-electron chi connectivity index (χ4n) is 3.09. The molecule has 4 heteroatoms. The number of halogens is 1. The Kier molecular flexibility index (Phi) is 4.93. The Morgan fingerprint density at radius 3 is 1.68 bits per heavy atom. The average Bonchev–Trinajstić information content (AvgIpc) is 2.75. The van der Waals surface area contributed by atoms with Gasteiger partial charge in [-0.15, -0.1) is 0 Å². The molecule has 0 fully saturated rings. The zero-order valence-electron chi connectivity index (χ0n) is 15.8. The SMILES string of the molecule is CC(C)(c1cccc(Cl)c1)c1nc(-c2ccccc2)nc(-c2ccccc2)n1. The summed E-state index contributed by atoms with van der Waals surface area (Å²) in [5, 5.41) is 0.700. The summed E-state index contributed by atoms with van der Waals surface area (Å²) in [7, 11) is 0. The topological polar surface area (TPSA) is 38.7 Å². The molecule has 28 heavy (non-hydrogen) atoms. The van der Waals surface area contributed by atoms with Crippen molar-refractivity contribution in [1.29, 1.82) is 0 Å². The van der Waals surface area contributed by atoms with Crippen LogP contribution in [0, 0.1) is 0 Å². The molecule has 0 saturated carbocycles. The summed E-state index contributed by atoms with van der Waals surface area (Å²) in [6, 6.07) is 27.8. The third-order valence-corrected chi connectivity index (χ3v) is 5.04. The molecule has 1 aromatic heterocycles. The van der Waals surface area contributed by atoms with Crippen molar-refractivity contribution in [2.45, 2.75) is 19.3 Å². The molecule has 0 aliphatic heterocycles. The molecule has 0 radical (unpaired) electrons. The highest BCUT2D eigenvalue weighted by Gasteiger charge is 2.28. The highest BCUT2D eigenvalue weighted by molar-refractivity contribution is 6.30. The van der Waals surface area contributed by atoms with Gasteiger partial charge < -0.3 is 0 Å². The number of hydrogen-bond acceptors (Lipinski definition) is 3. The van der Waals surface area contributed by atoms with Crippen LogP contribution >= 0.6 is 11.6 Å². The Balaban J connectivity index is 1.91. The van der Waals surface area contributed by atoms with Gasteiger partial charge in [0.05, 0.1) is 0 Å². The molecule has 0 aliphatic carbocycles. The first-order valence-corrected chi connectivity index (χ1v) is 9.55. The lowest BCUT2D eigenvalue weighted by atomic mass is 9.83. The van der Waals surface area contributed by atoms with Crippen LogP contribution in [0.2, 0.25) is 5.02 Å². The molecular formula is C24H20ClN3. The van der Waals surface area contributed by atoms with E-state index in [0.29, 0.717) is 22.5 Å². The second-order valence-corrected chi connectivity index (χ2v) is 7.61. The van der Waals surface area contributed by atoms with E-state index in [0.717, 1.165) is 16.7 Å². The molecule has 3 nitrogen and oxygen atoms in total. The standard InChI is InChI=1S/C24H20ClN3/c1-24(2,19-14-9-15-20(25)16-19)23-27-21(17-10-5-3-6-11-17)26-22(28-23)18-12-7-4-8-13-18/h3-16H,1-2H3. The lowest BCUT2D eigenvalue weighted by Gasteiger charge is -2.24. The van der Waals surface area contributed by atoms with E-state index in [1.54, 1.807) is 0 Å². The molecule has 3 aromatic carbocycles. The van der Waals surface area contributed by atoms with Crippen LogP contribution in [0.3, 0.4) is 0 Å². The van der Waals surface area contributed by atoms with E-state index in [4.69, 9.17) is 26.6 Å². The third kappa shape index (κ3) is 3.67. The number of benzene rings is 3. The van der Waals surface area contributed by atoms with Gasteiger partial charge in [-0.25, -0.2) is 15.0 Å². The molecule has 0 aliphatic rings. The van der Waals surface area contributed by atoms with Crippen LogP contribution in [0.25, 0.3) is 22.8 Å². The van der Waals surface area contributed by atoms with Gasteiger partial charge in [0, 0.05) is 21.6 Å². The van der Waals surface area contributed by atoms with Crippen molar-refractivity contribution >= 4 is 11.6 Å². The minimum atomic E-state index is -0.430. The Hall–Kier alpha value is -3.04. The first-order chi connectivity index (χ1) is 13.5. The molecule has 0 amide bonds. The van der Waals surface area contributed by atoms with Gasteiger partial charge in [-0.05, 0) is 31.5 Å². The maximum atomic E-state index is 6.24. The van der Waals surface area contributed by atoms with E-state index in [1.165, 1.54) is 0 Å². The van der Waals surface area contributed by atoms with Crippen LogP contribution in [-0.2, 0) is 5.41 Å². The Labute approximate surface area is 170 Å². The van der Waals surface area contributed by atoms with Crippen molar-refractivity contribution in [2.75, 3.05) is 0 Å². The summed E-state index contributed by atoms with van der Waals surface area (Å²) in [5.74, 6) is 2.04. The summed E-state index contributed by atoms with van der Waals surface area (Å²) in [6.07, 6.45) is 0. The highest BCUT2D eigenvalue weighted by atomic mass is 35.5. The summed E-state index contributed by atoms with van der Waals surface area (Å²) in [6.45, 7) is 4.22. The maximum absolute atomic E-state index is 6.24. The van der Waals surface area contributed by atoms with Crippen LogP contribution < -0.4 is 0 Å². The van der Waals surface area contributed by atoms with Crippen molar-refractivity contribution in [3.8, 4) is 22.8 Å². The predicted octanol–water partition coefficient (Wildman–Crippen LogP) is 6.18. The van der Waals surface area contributed by atoms with Gasteiger partial charge in [-0.1, -0.05) is 84.4 Å². The normalized spacial score (nSPS) is 11.4. The second kappa shape index (κ2) is 7.53.